The highest BCUT2D eigenvalue weighted by atomic mass is 35.5. The number of benzene rings is 2. The van der Waals surface area contributed by atoms with E-state index in [1.807, 2.05) is 12.1 Å². The Morgan fingerprint density at radius 3 is 2.59 bits per heavy atom. The number of rotatable bonds is 5. The van der Waals surface area contributed by atoms with Gasteiger partial charge in [0.25, 0.3) is 5.91 Å². The number of hydrogen-bond acceptors (Lipinski definition) is 4. The van der Waals surface area contributed by atoms with Crippen LogP contribution in [-0.4, -0.2) is 37.0 Å². The second-order valence-electron chi connectivity index (χ2n) is 6.45. The smallest absolute Gasteiger partial charge is 0.313 e. The molecule has 0 saturated heterocycles. The van der Waals surface area contributed by atoms with E-state index in [2.05, 4.69) is 0 Å². The molecule has 1 heterocycles. The van der Waals surface area contributed by atoms with E-state index in [0.29, 0.717) is 23.0 Å². The summed E-state index contributed by atoms with van der Waals surface area (Å²) in [5.41, 5.74) is 1.80. The average molecular weight is 408 g/mol. The Morgan fingerprint density at radius 1 is 1.15 bits per heavy atom. The van der Waals surface area contributed by atoms with Gasteiger partial charge in [-0.25, -0.2) is 0 Å². The summed E-state index contributed by atoms with van der Waals surface area (Å²) in [5, 5.41) is 1.23. The molecule has 27 heavy (non-hydrogen) atoms. The zero-order chi connectivity index (χ0) is 19.4. The van der Waals surface area contributed by atoms with E-state index in [0.717, 1.165) is 16.9 Å². The lowest BCUT2D eigenvalue weighted by molar-refractivity contribution is -0.156. The molecule has 142 valence electrons. The van der Waals surface area contributed by atoms with E-state index >= 15 is 0 Å². The lowest BCUT2D eigenvalue weighted by Crippen LogP contribution is -2.34. The van der Waals surface area contributed by atoms with E-state index in [-0.39, 0.29) is 19.1 Å². The quantitative estimate of drug-likeness (QED) is 0.708. The number of likely N-dealkylation sites (N-methyl/N-ethyl adjacent to an activating group) is 1. The molecule has 1 amide bonds. The molecule has 0 unspecified atom stereocenters. The third-order valence-electron chi connectivity index (χ3n) is 4.36. The van der Waals surface area contributed by atoms with E-state index in [9.17, 15) is 9.59 Å². The number of carbonyl (C=O) groups is 2. The van der Waals surface area contributed by atoms with Crippen LogP contribution in [0.5, 0.6) is 5.75 Å². The Labute approximate surface area is 167 Å². The molecular weight excluding hydrogens is 389 g/mol. The molecule has 0 bridgehead atoms. The molecular formula is C20H19Cl2NO4. The van der Waals surface area contributed by atoms with Crippen LogP contribution in [-0.2, 0) is 27.3 Å². The van der Waals surface area contributed by atoms with Crippen molar-refractivity contribution in [2.75, 3.05) is 20.3 Å². The Balaban J connectivity index is 1.49. The molecule has 7 heteroatoms. The second kappa shape index (κ2) is 8.63. The van der Waals surface area contributed by atoms with Crippen molar-refractivity contribution in [3.63, 3.8) is 0 Å². The lowest BCUT2D eigenvalue weighted by Gasteiger charge is -2.24. The Kier molecular flexibility index (Phi) is 6.24. The van der Waals surface area contributed by atoms with Gasteiger partial charge in [-0.1, -0.05) is 35.3 Å². The number of nitrogens with zero attached hydrogens (tertiary/aromatic N) is 1. The summed E-state index contributed by atoms with van der Waals surface area (Å²) in [6.45, 7) is 0.329. The monoisotopic (exact) mass is 407 g/mol. The molecule has 5 nitrogen and oxygen atoms in total. The third kappa shape index (κ3) is 5.15. The standard InChI is InChI=1S/C20H19Cl2NO4/c1-23(10-13-2-4-16(21)5-3-13)19(24)12-27-20(25)15-8-14-9-17(22)6-7-18(14)26-11-15/h2-7,9,15H,8,10-12H2,1H3/t15-/m1/s1. The second-order valence-corrected chi connectivity index (χ2v) is 7.32. The minimum absolute atomic E-state index is 0.224. The van der Waals surface area contributed by atoms with E-state index in [4.69, 9.17) is 32.7 Å². The molecule has 1 aliphatic rings. The maximum absolute atomic E-state index is 12.3. The van der Waals surface area contributed by atoms with Crippen LogP contribution < -0.4 is 4.74 Å². The zero-order valence-corrected chi connectivity index (χ0v) is 16.3. The predicted octanol–water partition coefficient (Wildman–Crippen LogP) is 3.75. The predicted molar refractivity (Wildman–Crippen MR) is 103 cm³/mol. The van der Waals surface area contributed by atoms with Crippen molar-refractivity contribution < 1.29 is 19.1 Å². The van der Waals surface area contributed by atoms with Gasteiger partial charge in [0.2, 0.25) is 0 Å². The fourth-order valence-electron chi connectivity index (χ4n) is 2.83. The van der Waals surface area contributed by atoms with Gasteiger partial charge in [-0.15, -0.1) is 0 Å². The molecule has 0 aliphatic carbocycles. The highest BCUT2D eigenvalue weighted by Gasteiger charge is 2.28. The SMILES string of the molecule is CN(Cc1ccc(Cl)cc1)C(=O)COC(=O)[C@H]1COc2ccc(Cl)cc2C1. The van der Waals surface area contributed by atoms with Crippen molar-refractivity contribution in [2.24, 2.45) is 5.92 Å². The van der Waals surface area contributed by atoms with E-state index in [1.165, 1.54) is 4.90 Å². The van der Waals surface area contributed by atoms with E-state index in [1.54, 1.807) is 37.4 Å². The normalized spacial score (nSPS) is 15.4. The van der Waals surface area contributed by atoms with Crippen molar-refractivity contribution in [3.05, 3.63) is 63.6 Å². The summed E-state index contributed by atoms with van der Waals surface area (Å²) < 4.78 is 10.8. The van der Waals surface area contributed by atoms with Gasteiger partial charge in [0, 0.05) is 23.6 Å². The van der Waals surface area contributed by atoms with Crippen LogP contribution in [0.3, 0.4) is 0 Å². The maximum Gasteiger partial charge on any atom is 0.313 e. The Hall–Kier alpha value is -2.24. The molecule has 0 radical (unpaired) electrons. The minimum Gasteiger partial charge on any atom is -0.492 e. The number of halogens is 2. The van der Waals surface area contributed by atoms with Gasteiger partial charge in [0.15, 0.2) is 6.61 Å². The number of amides is 1. The molecule has 1 aliphatic heterocycles. The van der Waals surface area contributed by atoms with Gasteiger partial charge in [0.05, 0.1) is 5.92 Å². The van der Waals surface area contributed by atoms with Gasteiger partial charge in [-0.3, -0.25) is 9.59 Å². The summed E-state index contributed by atoms with van der Waals surface area (Å²) in [7, 11) is 1.66. The van der Waals surface area contributed by atoms with Gasteiger partial charge in [0.1, 0.15) is 12.4 Å². The van der Waals surface area contributed by atoms with Gasteiger partial charge < -0.3 is 14.4 Å². The number of carbonyl (C=O) groups excluding carboxylic acids is 2. The lowest BCUT2D eigenvalue weighted by atomic mass is 9.97. The summed E-state index contributed by atoms with van der Waals surface area (Å²) in [4.78, 5) is 26.0. The van der Waals surface area contributed by atoms with Crippen LogP contribution >= 0.6 is 23.2 Å². The first-order valence-corrected chi connectivity index (χ1v) is 9.24. The largest absolute Gasteiger partial charge is 0.492 e. The van der Waals surface area contributed by atoms with Crippen LogP contribution in [0.25, 0.3) is 0 Å². The summed E-state index contributed by atoms with van der Waals surface area (Å²) in [6, 6.07) is 12.5. The summed E-state index contributed by atoms with van der Waals surface area (Å²) in [6.07, 6.45) is 0.476. The van der Waals surface area contributed by atoms with Crippen molar-refractivity contribution in [1.82, 2.24) is 4.90 Å². The summed E-state index contributed by atoms with van der Waals surface area (Å²) >= 11 is 11.8. The Morgan fingerprint density at radius 2 is 1.85 bits per heavy atom. The topological polar surface area (TPSA) is 55.8 Å². The van der Waals surface area contributed by atoms with Crippen LogP contribution in [0.1, 0.15) is 11.1 Å². The molecule has 0 saturated carbocycles. The minimum atomic E-state index is -0.453. The third-order valence-corrected chi connectivity index (χ3v) is 4.85. The highest BCUT2D eigenvalue weighted by molar-refractivity contribution is 6.30. The fourth-order valence-corrected chi connectivity index (χ4v) is 3.15. The summed E-state index contributed by atoms with van der Waals surface area (Å²) in [5.74, 6) is -0.458. The first-order valence-electron chi connectivity index (χ1n) is 8.48. The zero-order valence-electron chi connectivity index (χ0n) is 14.8. The first kappa shape index (κ1) is 19.5. The number of esters is 1. The molecule has 0 fully saturated rings. The number of hydrogen-bond donors (Lipinski definition) is 0. The fraction of sp³-hybridized carbons (Fsp3) is 0.300. The average Bonchev–Trinajstić information content (AvgIpc) is 2.66. The van der Waals surface area contributed by atoms with E-state index < -0.39 is 11.9 Å². The van der Waals surface area contributed by atoms with Gasteiger partial charge in [-0.05, 0) is 47.9 Å². The molecule has 2 aromatic rings. The molecule has 0 spiro atoms. The maximum atomic E-state index is 12.3. The van der Waals surface area contributed by atoms with Crippen LogP contribution in [0, 0.1) is 5.92 Å². The van der Waals surface area contributed by atoms with Crippen molar-refractivity contribution in [2.45, 2.75) is 13.0 Å². The van der Waals surface area contributed by atoms with Crippen LogP contribution in [0.2, 0.25) is 10.0 Å². The first-order chi connectivity index (χ1) is 12.9. The molecule has 2 aromatic carbocycles. The van der Waals surface area contributed by atoms with Gasteiger partial charge in [-0.2, -0.15) is 0 Å². The number of ether oxygens (including phenoxy) is 2. The molecule has 3 rings (SSSR count). The molecule has 1 atom stereocenters. The van der Waals surface area contributed by atoms with Crippen molar-refractivity contribution in [1.29, 1.82) is 0 Å². The van der Waals surface area contributed by atoms with Crippen molar-refractivity contribution in [3.8, 4) is 5.75 Å². The van der Waals surface area contributed by atoms with Crippen LogP contribution in [0.15, 0.2) is 42.5 Å². The molecule has 0 N–H and O–H groups in total. The van der Waals surface area contributed by atoms with Crippen molar-refractivity contribution >= 4 is 35.1 Å². The highest BCUT2D eigenvalue weighted by Crippen LogP contribution is 2.30. The van der Waals surface area contributed by atoms with Gasteiger partial charge >= 0.3 is 5.97 Å². The Bertz CT molecular complexity index is 838. The molecule has 0 aromatic heterocycles. The number of fused-ring (bicyclic) bond motifs is 1. The van der Waals surface area contributed by atoms with Crippen LogP contribution in [0.4, 0.5) is 0 Å².